The van der Waals surface area contributed by atoms with Crippen molar-refractivity contribution in [3.05, 3.63) is 52.7 Å². The zero-order valence-corrected chi connectivity index (χ0v) is 12.3. The molecule has 1 fully saturated rings. The summed E-state index contributed by atoms with van der Waals surface area (Å²) in [7, 11) is 0. The number of thiophene rings is 1. The smallest absolute Gasteiger partial charge is 0.0584 e. The van der Waals surface area contributed by atoms with Crippen LogP contribution in [0.2, 0.25) is 0 Å². The third-order valence-electron chi connectivity index (χ3n) is 4.05. The average molecular weight is 272 g/mol. The number of anilines is 1. The minimum atomic E-state index is 0.0235. The summed E-state index contributed by atoms with van der Waals surface area (Å²) in [5, 5.41) is 8.12. The highest BCUT2D eigenvalue weighted by Crippen LogP contribution is 2.30. The summed E-state index contributed by atoms with van der Waals surface area (Å²) in [5.41, 5.74) is 2.73. The van der Waals surface area contributed by atoms with Crippen molar-refractivity contribution in [2.75, 3.05) is 18.0 Å². The maximum atomic E-state index is 3.72. The van der Waals surface area contributed by atoms with E-state index in [1.54, 1.807) is 11.3 Å². The maximum absolute atomic E-state index is 3.72. The van der Waals surface area contributed by atoms with Crippen molar-refractivity contribution in [2.45, 2.75) is 25.4 Å². The summed E-state index contributed by atoms with van der Waals surface area (Å²) in [5.74, 6) is 0. The van der Waals surface area contributed by atoms with Gasteiger partial charge in [0.1, 0.15) is 0 Å². The molecule has 1 N–H and O–H groups in total. The fourth-order valence-corrected chi connectivity index (χ4v) is 3.45. The summed E-state index contributed by atoms with van der Waals surface area (Å²) >= 11 is 1.77. The quantitative estimate of drug-likeness (QED) is 0.900. The Morgan fingerprint density at radius 3 is 2.74 bits per heavy atom. The van der Waals surface area contributed by atoms with Crippen molar-refractivity contribution in [3.63, 3.8) is 0 Å². The largest absolute Gasteiger partial charge is 0.365 e. The monoisotopic (exact) mass is 272 g/mol. The molecule has 1 aromatic carbocycles. The lowest BCUT2D eigenvalue weighted by atomic mass is 9.88. The summed E-state index contributed by atoms with van der Waals surface area (Å²) in [6, 6.07) is 13.5. The first kappa shape index (κ1) is 12.7. The molecule has 0 aliphatic carbocycles. The standard InChI is InChI=1S/C16H20N2S/c1-13-10-17-16(2,14-6-4-3-5-7-14)12-18(13)15-8-9-19-11-15/h3-9,11,13,17H,10,12H2,1-2H3. The molecule has 1 aliphatic heterocycles. The fraction of sp³-hybridized carbons (Fsp3) is 0.375. The molecular formula is C16H20N2S. The van der Waals surface area contributed by atoms with E-state index in [-0.39, 0.29) is 5.54 Å². The van der Waals surface area contributed by atoms with Crippen LogP contribution in [0.25, 0.3) is 0 Å². The number of nitrogens with one attached hydrogen (secondary N) is 1. The van der Waals surface area contributed by atoms with Gasteiger partial charge in [-0.15, -0.1) is 0 Å². The summed E-state index contributed by atoms with van der Waals surface area (Å²) in [6.07, 6.45) is 0. The van der Waals surface area contributed by atoms with Gasteiger partial charge in [0.05, 0.1) is 5.54 Å². The van der Waals surface area contributed by atoms with Gasteiger partial charge in [-0.1, -0.05) is 30.3 Å². The normalized spacial score (nSPS) is 27.5. The summed E-state index contributed by atoms with van der Waals surface area (Å²) in [6.45, 7) is 6.61. The lowest BCUT2D eigenvalue weighted by molar-refractivity contribution is 0.299. The second-order valence-corrected chi connectivity index (χ2v) is 6.32. The van der Waals surface area contributed by atoms with E-state index in [1.807, 2.05) is 0 Å². The molecule has 19 heavy (non-hydrogen) atoms. The van der Waals surface area contributed by atoms with Gasteiger partial charge in [-0.05, 0) is 30.9 Å². The predicted molar refractivity (Wildman–Crippen MR) is 82.9 cm³/mol. The Balaban J connectivity index is 1.89. The number of hydrogen-bond donors (Lipinski definition) is 1. The van der Waals surface area contributed by atoms with Gasteiger partial charge in [-0.3, -0.25) is 0 Å². The van der Waals surface area contributed by atoms with Crippen molar-refractivity contribution in [3.8, 4) is 0 Å². The summed E-state index contributed by atoms with van der Waals surface area (Å²) < 4.78 is 0. The van der Waals surface area contributed by atoms with Gasteiger partial charge < -0.3 is 10.2 Å². The average Bonchev–Trinajstić information content (AvgIpc) is 2.97. The highest BCUT2D eigenvalue weighted by Gasteiger charge is 2.35. The van der Waals surface area contributed by atoms with Crippen LogP contribution in [0.3, 0.4) is 0 Å². The third kappa shape index (κ3) is 2.40. The second kappa shape index (κ2) is 4.99. The van der Waals surface area contributed by atoms with Crippen LogP contribution in [0.1, 0.15) is 19.4 Å². The Bertz CT molecular complexity index is 523. The van der Waals surface area contributed by atoms with E-state index >= 15 is 0 Å². The number of nitrogens with zero attached hydrogens (tertiary/aromatic N) is 1. The number of hydrogen-bond acceptors (Lipinski definition) is 3. The zero-order chi connectivity index (χ0) is 13.3. The topological polar surface area (TPSA) is 15.3 Å². The van der Waals surface area contributed by atoms with Crippen molar-refractivity contribution in [1.82, 2.24) is 5.32 Å². The molecule has 1 aliphatic rings. The first-order valence-electron chi connectivity index (χ1n) is 6.78. The molecule has 2 nitrogen and oxygen atoms in total. The van der Waals surface area contributed by atoms with Crippen molar-refractivity contribution in [2.24, 2.45) is 0 Å². The Hall–Kier alpha value is -1.32. The number of piperazine rings is 1. The van der Waals surface area contributed by atoms with Crippen LogP contribution in [0.15, 0.2) is 47.2 Å². The minimum absolute atomic E-state index is 0.0235. The van der Waals surface area contributed by atoms with Crippen LogP contribution in [-0.4, -0.2) is 19.1 Å². The van der Waals surface area contributed by atoms with Crippen LogP contribution < -0.4 is 10.2 Å². The van der Waals surface area contributed by atoms with Gasteiger partial charge in [-0.25, -0.2) is 0 Å². The molecule has 2 heterocycles. The molecule has 2 aromatic rings. The van der Waals surface area contributed by atoms with Crippen LogP contribution >= 0.6 is 11.3 Å². The van der Waals surface area contributed by atoms with Crippen molar-refractivity contribution >= 4 is 17.0 Å². The molecule has 0 saturated carbocycles. The van der Waals surface area contributed by atoms with E-state index in [0.717, 1.165) is 13.1 Å². The van der Waals surface area contributed by atoms with E-state index in [0.29, 0.717) is 6.04 Å². The second-order valence-electron chi connectivity index (χ2n) is 5.54. The highest BCUT2D eigenvalue weighted by molar-refractivity contribution is 7.08. The molecule has 100 valence electrons. The van der Waals surface area contributed by atoms with E-state index in [2.05, 4.69) is 71.2 Å². The van der Waals surface area contributed by atoms with E-state index in [1.165, 1.54) is 11.3 Å². The Morgan fingerprint density at radius 2 is 2.05 bits per heavy atom. The third-order valence-corrected chi connectivity index (χ3v) is 4.73. The molecule has 1 saturated heterocycles. The van der Waals surface area contributed by atoms with Crippen LogP contribution in [0.5, 0.6) is 0 Å². The molecule has 3 rings (SSSR count). The molecule has 0 radical (unpaired) electrons. The van der Waals surface area contributed by atoms with Gasteiger partial charge >= 0.3 is 0 Å². The zero-order valence-electron chi connectivity index (χ0n) is 11.5. The number of rotatable bonds is 2. The lowest BCUT2D eigenvalue weighted by Crippen LogP contribution is -2.60. The van der Waals surface area contributed by atoms with Gasteiger partial charge in [-0.2, -0.15) is 11.3 Å². The molecule has 0 amide bonds. The molecule has 2 atom stereocenters. The van der Waals surface area contributed by atoms with E-state index in [4.69, 9.17) is 0 Å². The first-order chi connectivity index (χ1) is 9.19. The predicted octanol–water partition coefficient (Wildman–Crippen LogP) is 3.46. The van der Waals surface area contributed by atoms with Crippen molar-refractivity contribution < 1.29 is 0 Å². The molecule has 1 aromatic heterocycles. The minimum Gasteiger partial charge on any atom is -0.365 e. The highest BCUT2D eigenvalue weighted by atomic mass is 32.1. The van der Waals surface area contributed by atoms with Crippen molar-refractivity contribution in [1.29, 1.82) is 0 Å². The van der Waals surface area contributed by atoms with Crippen LogP contribution in [0, 0.1) is 0 Å². The molecule has 0 spiro atoms. The summed E-state index contributed by atoms with van der Waals surface area (Å²) in [4.78, 5) is 2.51. The Kier molecular flexibility index (Phi) is 3.33. The van der Waals surface area contributed by atoms with Crippen LogP contribution in [-0.2, 0) is 5.54 Å². The fourth-order valence-electron chi connectivity index (χ4n) is 2.80. The van der Waals surface area contributed by atoms with E-state index < -0.39 is 0 Å². The lowest BCUT2D eigenvalue weighted by Gasteiger charge is -2.46. The van der Waals surface area contributed by atoms with Crippen LogP contribution in [0.4, 0.5) is 5.69 Å². The molecular weight excluding hydrogens is 252 g/mol. The molecule has 2 unspecified atom stereocenters. The maximum Gasteiger partial charge on any atom is 0.0584 e. The van der Waals surface area contributed by atoms with Gasteiger partial charge in [0, 0.05) is 30.2 Å². The molecule has 0 bridgehead atoms. The van der Waals surface area contributed by atoms with Gasteiger partial charge in [0.2, 0.25) is 0 Å². The number of benzene rings is 1. The Morgan fingerprint density at radius 1 is 1.26 bits per heavy atom. The SMILES string of the molecule is CC1CNC(C)(c2ccccc2)CN1c1ccsc1. The van der Waals surface area contributed by atoms with Gasteiger partial charge in [0.25, 0.3) is 0 Å². The van der Waals surface area contributed by atoms with E-state index in [9.17, 15) is 0 Å². The molecule has 3 heteroatoms. The van der Waals surface area contributed by atoms with Gasteiger partial charge in [0.15, 0.2) is 0 Å². The Labute approximate surface area is 119 Å². The first-order valence-corrected chi connectivity index (χ1v) is 7.73.